The van der Waals surface area contributed by atoms with E-state index >= 15 is 0 Å². The van der Waals surface area contributed by atoms with Gasteiger partial charge in [-0.2, -0.15) is 0 Å². The van der Waals surface area contributed by atoms with Crippen molar-refractivity contribution in [3.8, 4) is 0 Å². The molecule has 1 aromatic rings. The Morgan fingerprint density at radius 3 is 2.33 bits per heavy atom. The lowest BCUT2D eigenvalue weighted by Crippen LogP contribution is -2.13. The van der Waals surface area contributed by atoms with E-state index in [1.807, 2.05) is 0 Å². The van der Waals surface area contributed by atoms with Crippen LogP contribution in [0.15, 0.2) is 18.2 Å². The second kappa shape index (κ2) is 11.3. The molecule has 0 unspecified atom stereocenters. The Balaban J connectivity index is 2.27. The Labute approximate surface area is 140 Å². The maximum Gasteiger partial charge on any atom is 0.299 e. The monoisotopic (exact) mass is 341 g/mol. The molecule has 0 saturated heterocycles. The summed E-state index contributed by atoms with van der Waals surface area (Å²) in [5.74, 6) is 0. The highest BCUT2D eigenvalue weighted by Crippen LogP contribution is 2.28. The molecule has 1 rings (SSSR count). The van der Waals surface area contributed by atoms with Gasteiger partial charge in [0.25, 0.3) is 11.4 Å². The number of benzene rings is 1. The number of anilines is 1. The molecule has 0 heterocycles. The molecule has 0 aromatic heterocycles. The Hall–Kier alpha value is -2.26. The number of ether oxygens (including phenoxy) is 2. The van der Waals surface area contributed by atoms with Crippen LogP contribution in [0.3, 0.4) is 0 Å². The zero-order chi connectivity index (χ0) is 17.8. The number of hydrogen-bond acceptors (Lipinski definition) is 7. The smallest absolute Gasteiger partial charge is 0.299 e. The lowest BCUT2D eigenvalue weighted by atomic mass is 10.2. The molecule has 9 heteroatoms. The second-order valence-corrected chi connectivity index (χ2v) is 5.07. The number of hydrogen-bond donors (Lipinski definition) is 1. The van der Waals surface area contributed by atoms with Gasteiger partial charge >= 0.3 is 0 Å². The Kier molecular flexibility index (Phi) is 9.32. The van der Waals surface area contributed by atoms with Crippen molar-refractivity contribution in [2.24, 2.45) is 0 Å². The molecule has 0 aliphatic carbocycles. The first-order chi connectivity index (χ1) is 11.6. The van der Waals surface area contributed by atoms with Gasteiger partial charge in [0.15, 0.2) is 0 Å². The average molecular weight is 341 g/mol. The molecule has 0 atom stereocenters. The molecule has 0 fully saturated rings. The van der Waals surface area contributed by atoms with Crippen LogP contribution in [-0.2, 0) is 9.47 Å². The van der Waals surface area contributed by atoms with Crippen LogP contribution in [0.4, 0.5) is 17.1 Å². The SMILES string of the molecule is CCCCCOCCOCCNc1ccc([N+](=O)[O-])cc1[N+](=O)[O-]. The zero-order valence-corrected chi connectivity index (χ0v) is 13.7. The molecule has 0 bridgehead atoms. The van der Waals surface area contributed by atoms with Crippen LogP contribution >= 0.6 is 0 Å². The zero-order valence-electron chi connectivity index (χ0n) is 13.7. The van der Waals surface area contributed by atoms with E-state index in [2.05, 4.69) is 12.2 Å². The highest BCUT2D eigenvalue weighted by Gasteiger charge is 2.18. The van der Waals surface area contributed by atoms with E-state index in [1.54, 1.807) is 0 Å². The predicted molar refractivity (Wildman–Crippen MR) is 89.4 cm³/mol. The molecule has 0 aliphatic heterocycles. The van der Waals surface area contributed by atoms with Gasteiger partial charge in [-0.25, -0.2) is 0 Å². The molecule has 1 aromatic carbocycles. The van der Waals surface area contributed by atoms with E-state index in [0.717, 1.165) is 31.9 Å². The number of unbranched alkanes of at least 4 members (excludes halogenated alkanes) is 2. The fourth-order valence-electron chi connectivity index (χ4n) is 1.97. The van der Waals surface area contributed by atoms with Gasteiger partial charge in [0, 0.05) is 19.2 Å². The van der Waals surface area contributed by atoms with Crippen LogP contribution in [-0.4, -0.2) is 42.8 Å². The number of nitro groups is 2. The quantitative estimate of drug-likeness (QED) is 0.333. The number of rotatable bonds is 13. The van der Waals surface area contributed by atoms with Crippen LogP contribution in [0, 0.1) is 20.2 Å². The van der Waals surface area contributed by atoms with Gasteiger partial charge in [0.05, 0.1) is 35.7 Å². The summed E-state index contributed by atoms with van der Waals surface area (Å²) in [6.45, 7) is 4.54. The summed E-state index contributed by atoms with van der Waals surface area (Å²) in [5, 5.41) is 24.5. The third-order valence-electron chi connectivity index (χ3n) is 3.21. The highest BCUT2D eigenvalue weighted by atomic mass is 16.6. The molecule has 0 spiro atoms. The number of nitrogens with zero attached hydrogens (tertiary/aromatic N) is 2. The molecular weight excluding hydrogens is 318 g/mol. The molecular formula is C15H23N3O6. The van der Waals surface area contributed by atoms with E-state index in [4.69, 9.17) is 9.47 Å². The van der Waals surface area contributed by atoms with Crippen LogP contribution in [0.5, 0.6) is 0 Å². The van der Waals surface area contributed by atoms with Gasteiger partial charge in [-0.3, -0.25) is 20.2 Å². The summed E-state index contributed by atoms with van der Waals surface area (Å²) in [4.78, 5) is 20.3. The maximum absolute atomic E-state index is 11.0. The summed E-state index contributed by atoms with van der Waals surface area (Å²) in [6.07, 6.45) is 3.35. The number of non-ortho nitro benzene ring substituents is 1. The summed E-state index contributed by atoms with van der Waals surface area (Å²) >= 11 is 0. The van der Waals surface area contributed by atoms with E-state index in [9.17, 15) is 20.2 Å². The van der Waals surface area contributed by atoms with Gasteiger partial charge in [0.2, 0.25) is 0 Å². The fourth-order valence-corrected chi connectivity index (χ4v) is 1.97. The van der Waals surface area contributed by atoms with Gasteiger partial charge in [-0.15, -0.1) is 0 Å². The summed E-state index contributed by atoms with van der Waals surface area (Å²) < 4.78 is 10.7. The number of nitrogens with one attached hydrogen (secondary N) is 1. The fraction of sp³-hybridized carbons (Fsp3) is 0.600. The topological polar surface area (TPSA) is 117 Å². The third-order valence-corrected chi connectivity index (χ3v) is 3.21. The first-order valence-corrected chi connectivity index (χ1v) is 7.88. The summed E-state index contributed by atoms with van der Waals surface area (Å²) in [7, 11) is 0. The van der Waals surface area contributed by atoms with E-state index in [-0.39, 0.29) is 17.1 Å². The van der Waals surface area contributed by atoms with Crippen molar-refractivity contribution in [3.05, 3.63) is 38.4 Å². The number of nitro benzene ring substituents is 2. The molecule has 0 radical (unpaired) electrons. The standard InChI is InChI=1S/C15H23N3O6/c1-2-3-4-8-23-10-11-24-9-7-16-14-6-5-13(17(19)20)12-15(14)18(21)22/h5-6,12,16H,2-4,7-11H2,1H3. The van der Waals surface area contributed by atoms with Gasteiger partial charge < -0.3 is 14.8 Å². The van der Waals surface area contributed by atoms with E-state index in [1.165, 1.54) is 12.1 Å². The molecule has 0 aliphatic rings. The lowest BCUT2D eigenvalue weighted by Gasteiger charge is -2.08. The van der Waals surface area contributed by atoms with Crippen molar-refractivity contribution in [1.29, 1.82) is 0 Å². The van der Waals surface area contributed by atoms with Gasteiger partial charge in [-0.1, -0.05) is 19.8 Å². The van der Waals surface area contributed by atoms with Crippen molar-refractivity contribution in [2.75, 3.05) is 38.3 Å². The van der Waals surface area contributed by atoms with Gasteiger partial charge in [-0.05, 0) is 12.5 Å². The van der Waals surface area contributed by atoms with Crippen LogP contribution in [0.2, 0.25) is 0 Å². The van der Waals surface area contributed by atoms with Crippen molar-refractivity contribution in [2.45, 2.75) is 26.2 Å². The Morgan fingerprint density at radius 1 is 1.00 bits per heavy atom. The molecule has 0 amide bonds. The van der Waals surface area contributed by atoms with E-state index < -0.39 is 9.85 Å². The molecule has 9 nitrogen and oxygen atoms in total. The minimum absolute atomic E-state index is 0.227. The predicted octanol–water partition coefficient (Wildman–Crippen LogP) is 3.14. The van der Waals surface area contributed by atoms with Crippen LogP contribution < -0.4 is 5.32 Å². The summed E-state index contributed by atoms with van der Waals surface area (Å²) in [6, 6.07) is 3.49. The molecule has 1 N–H and O–H groups in total. The Morgan fingerprint density at radius 2 is 1.71 bits per heavy atom. The highest BCUT2D eigenvalue weighted by molar-refractivity contribution is 5.65. The lowest BCUT2D eigenvalue weighted by molar-refractivity contribution is -0.393. The van der Waals surface area contributed by atoms with Gasteiger partial charge in [0.1, 0.15) is 5.69 Å². The minimum Gasteiger partial charge on any atom is -0.379 e. The second-order valence-electron chi connectivity index (χ2n) is 5.07. The molecule has 134 valence electrons. The van der Waals surface area contributed by atoms with E-state index in [0.29, 0.717) is 26.4 Å². The summed E-state index contributed by atoms with van der Waals surface area (Å²) in [5.41, 5.74) is -0.419. The van der Waals surface area contributed by atoms with Crippen LogP contribution in [0.25, 0.3) is 0 Å². The Bertz CT molecular complexity index is 538. The van der Waals surface area contributed by atoms with Crippen molar-refractivity contribution < 1.29 is 19.3 Å². The maximum atomic E-state index is 11.0. The van der Waals surface area contributed by atoms with Crippen LogP contribution in [0.1, 0.15) is 26.2 Å². The minimum atomic E-state index is -0.666. The first kappa shape index (κ1) is 19.8. The molecule has 0 saturated carbocycles. The normalized spacial score (nSPS) is 10.5. The largest absolute Gasteiger partial charge is 0.379 e. The van der Waals surface area contributed by atoms with Crippen molar-refractivity contribution in [1.82, 2.24) is 0 Å². The van der Waals surface area contributed by atoms with Crippen molar-refractivity contribution in [3.63, 3.8) is 0 Å². The van der Waals surface area contributed by atoms with Crippen molar-refractivity contribution >= 4 is 17.1 Å². The average Bonchev–Trinajstić information content (AvgIpc) is 2.56. The molecule has 24 heavy (non-hydrogen) atoms. The first-order valence-electron chi connectivity index (χ1n) is 7.88. The third kappa shape index (κ3) is 7.34.